The normalized spacial score (nSPS) is 43.5. The van der Waals surface area contributed by atoms with Gasteiger partial charge < -0.3 is 15.5 Å². The second-order valence-corrected chi connectivity index (χ2v) is 13.2. The van der Waals surface area contributed by atoms with Gasteiger partial charge in [0.2, 0.25) is 5.91 Å². The first-order valence-corrected chi connectivity index (χ1v) is 14.4. The molecule has 0 bridgehead atoms. The number of amides is 1. The SMILES string of the molecule is C[C@H](CCC(=O)NCc1ccccc1)[C@@H]1CC[C@@H]2[C@H]3[C@@H](CC[C@@]21C)[C@@]1(C)CC[C@@H](O)C[C@@H]1C[C@@H]3O. The molecule has 4 fully saturated rings. The first kappa shape index (κ1) is 25.3. The number of fused-ring (bicyclic) bond motifs is 5. The predicted octanol–water partition coefficient (Wildman–Crippen LogP) is 5.71. The lowest BCUT2D eigenvalue weighted by molar-refractivity contribution is -0.174. The third-order valence-electron chi connectivity index (χ3n) is 11.6. The van der Waals surface area contributed by atoms with E-state index in [-0.39, 0.29) is 28.9 Å². The van der Waals surface area contributed by atoms with E-state index in [1.54, 1.807) is 0 Å². The molecule has 0 aromatic heterocycles. The van der Waals surface area contributed by atoms with Crippen LogP contribution in [0.3, 0.4) is 0 Å². The molecular weight excluding hydrogens is 434 g/mol. The minimum absolute atomic E-state index is 0.158. The van der Waals surface area contributed by atoms with Gasteiger partial charge in [0, 0.05) is 13.0 Å². The average molecular weight is 482 g/mol. The van der Waals surface area contributed by atoms with Gasteiger partial charge in [0.05, 0.1) is 12.2 Å². The van der Waals surface area contributed by atoms with Gasteiger partial charge in [-0.1, -0.05) is 51.1 Å². The van der Waals surface area contributed by atoms with Gasteiger partial charge in [-0.2, -0.15) is 0 Å². The van der Waals surface area contributed by atoms with E-state index in [0.717, 1.165) is 37.7 Å². The third kappa shape index (κ3) is 4.59. The molecule has 0 aliphatic heterocycles. The van der Waals surface area contributed by atoms with Gasteiger partial charge in [-0.3, -0.25) is 4.79 Å². The van der Waals surface area contributed by atoms with E-state index in [4.69, 9.17) is 0 Å². The fraction of sp³-hybridized carbons (Fsp3) is 0.774. The van der Waals surface area contributed by atoms with Crippen LogP contribution in [0, 0.1) is 46.3 Å². The number of nitrogens with one attached hydrogen (secondary N) is 1. The zero-order chi connectivity index (χ0) is 24.8. The number of aliphatic hydroxyl groups excluding tert-OH is 2. The molecule has 0 saturated heterocycles. The van der Waals surface area contributed by atoms with Crippen LogP contribution in [0.1, 0.15) is 90.5 Å². The molecule has 194 valence electrons. The maximum Gasteiger partial charge on any atom is 0.220 e. The van der Waals surface area contributed by atoms with Crippen LogP contribution in [0.4, 0.5) is 0 Å². The average Bonchev–Trinajstić information content (AvgIpc) is 3.20. The van der Waals surface area contributed by atoms with Crippen molar-refractivity contribution < 1.29 is 15.0 Å². The lowest BCUT2D eigenvalue weighted by atomic mass is 9.43. The first-order valence-electron chi connectivity index (χ1n) is 14.4. The van der Waals surface area contributed by atoms with Crippen LogP contribution >= 0.6 is 0 Å². The summed E-state index contributed by atoms with van der Waals surface area (Å²) in [5.74, 6) is 3.40. The molecule has 10 atom stereocenters. The Hall–Kier alpha value is -1.39. The first-order chi connectivity index (χ1) is 16.7. The van der Waals surface area contributed by atoms with Crippen molar-refractivity contribution in [2.75, 3.05) is 0 Å². The highest BCUT2D eigenvalue weighted by molar-refractivity contribution is 5.75. The molecule has 3 N–H and O–H groups in total. The second kappa shape index (κ2) is 9.82. The molecule has 1 aromatic carbocycles. The maximum atomic E-state index is 12.6. The van der Waals surface area contributed by atoms with E-state index in [1.807, 2.05) is 18.2 Å². The minimum atomic E-state index is -0.217. The molecule has 0 unspecified atom stereocenters. The molecule has 1 amide bonds. The Bertz CT molecular complexity index is 888. The molecule has 5 rings (SSSR count). The fourth-order valence-corrected chi connectivity index (χ4v) is 9.62. The van der Waals surface area contributed by atoms with Gasteiger partial charge >= 0.3 is 0 Å². The van der Waals surface area contributed by atoms with Gasteiger partial charge in [0.15, 0.2) is 0 Å². The summed E-state index contributed by atoms with van der Waals surface area (Å²) in [4.78, 5) is 12.6. The van der Waals surface area contributed by atoms with Crippen molar-refractivity contribution in [2.24, 2.45) is 46.3 Å². The van der Waals surface area contributed by atoms with Crippen molar-refractivity contribution in [2.45, 2.75) is 104 Å². The van der Waals surface area contributed by atoms with E-state index >= 15 is 0 Å². The summed E-state index contributed by atoms with van der Waals surface area (Å²) in [6.07, 6.45) is 9.91. The van der Waals surface area contributed by atoms with Crippen LogP contribution in [0.5, 0.6) is 0 Å². The quantitative estimate of drug-likeness (QED) is 0.487. The van der Waals surface area contributed by atoms with Crippen molar-refractivity contribution in [3.05, 3.63) is 35.9 Å². The van der Waals surface area contributed by atoms with Crippen LogP contribution in [0.2, 0.25) is 0 Å². The predicted molar refractivity (Wildman–Crippen MR) is 139 cm³/mol. The Labute approximate surface area is 212 Å². The standard InChI is InChI=1S/C31H47NO3/c1-20(9-12-28(35)32-19-21-7-5-4-6-8-21)24-10-11-25-29-26(14-16-31(24,25)3)30(2)15-13-23(33)17-22(30)18-27(29)34/h4-8,20,22-27,29,33-34H,9-19H2,1-3H3,(H,32,35)/t20-,22-,23-,24+,25-,26-,27+,29+,30+,31-/m1/s1. The zero-order valence-corrected chi connectivity index (χ0v) is 22.1. The number of rotatable bonds is 6. The summed E-state index contributed by atoms with van der Waals surface area (Å²) in [5.41, 5.74) is 1.70. The van der Waals surface area contributed by atoms with Gasteiger partial charge in [0.25, 0.3) is 0 Å². The van der Waals surface area contributed by atoms with Crippen LogP contribution in [0.25, 0.3) is 0 Å². The van der Waals surface area contributed by atoms with Gasteiger partial charge in [-0.15, -0.1) is 0 Å². The molecular formula is C31H47NO3. The summed E-state index contributed by atoms with van der Waals surface area (Å²) in [6.45, 7) is 7.98. The smallest absolute Gasteiger partial charge is 0.220 e. The Kier molecular flexibility index (Phi) is 7.09. The van der Waals surface area contributed by atoms with Gasteiger partial charge in [-0.25, -0.2) is 0 Å². The molecule has 1 aromatic rings. The van der Waals surface area contributed by atoms with Gasteiger partial charge in [0.1, 0.15) is 0 Å². The summed E-state index contributed by atoms with van der Waals surface area (Å²) in [5, 5.41) is 24.8. The molecule has 4 nitrogen and oxygen atoms in total. The summed E-state index contributed by atoms with van der Waals surface area (Å²) in [7, 11) is 0. The van der Waals surface area contributed by atoms with E-state index in [1.165, 1.54) is 25.7 Å². The molecule has 4 aliphatic carbocycles. The van der Waals surface area contributed by atoms with Crippen LogP contribution < -0.4 is 5.32 Å². The molecule has 4 saturated carbocycles. The summed E-state index contributed by atoms with van der Waals surface area (Å²) in [6, 6.07) is 10.1. The van der Waals surface area contributed by atoms with Crippen molar-refractivity contribution in [3.63, 3.8) is 0 Å². The number of hydrogen-bond donors (Lipinski definition) is 3. The topological polar surface area (TPSA) is 69.6 Å². The second-order valence-electron chi connectivity index (χ2n) is 13.2. The van der Waals surface area contributed by atoms with Gasteiger partial charge in [-0.05, 0) is 110 Å². The van der Waals surface area contributed by atoms with E-state index < -0.39 is 0 Å². The Balaban J connectivity index is 1.21. The highest BCUT2D eigenvalue weighted by Gasteiger charge is 2.62. The number of benzene rings is 1. The Morgan fingerprint density at radius 2 is 1.71 bits per heavy atom. The third-order valence-corrected chi connectivity index (χ3v) is 11.6. The number of carbonyl (C=O) groups excluding carboxylic acids is 1. The van der Waals surface area contributed by atoms with Crippen LogP contribution in [-0.2, 0) is 11.3 Å². The molecule has 0 radical (unpaired) electrons. The van der Waals surface area contributed by atoms with Crippen molar-refractivity contribution in [1.82, 2.24) is 5.32 Å². The van der Waals surface area contributed by atoms with Crippen molar-refractivity contribution in [1.29, 1.82) is 0 Å². The lowest BCUT2D eigenvalue weighted by Gasteiger charge is -2.62. The van der Waals surface area contributed by atoms with E-state index in [9.17, 15) is 15.0 Å². The monoisotopic (exact) mass is 481 g/mol. The van der Waals surface area contributed by atoms with E-state index in [0.29, 0.717) is 48.5 Å². The minimum Gasteiger partial charge on any atom is -0.393 e. The molecule has 4 heteroatoms. The fourth-order valence-electron chi connectivity index (χ4n) is 9.62. The Morgan fingerprint density at radius 3 is 2.49 bits per heavy atom. The number of carbonyl (C=O) groups is 1. The van der Waals surface area contributed by atoms with E-state index in [2.05, 4.69) is 38.2 Å². The lowest BCUT2D eigenvalue weighted by Crippen LogP contribution is -2.58. The van der Waals surface area contributed by atoms with Crippen LogP contribution in [-0.4, -0.2) is 28.3 Å². The number of hydrogen-bond acceptors (Lipinski definition) is 3. The highest BCUT2D eigenvalue weighted by atomic mass is 16.3. The molecule has 35 heavy (non-hydrogen) atoms. The highest BCUT2D eigenvalue weighted by Crippen LogP contribution is 2.68. The molecule has 0 spiro atoms. The van der Waals surface area contributed by atoms with Crippen molar-refractivity contribution >= 4 is 5.91 Å². The molecule has 0 heterocycles. The maximum absolute atomic E-state index is 12.6. The summed E-state index contributed by atoms with van der Waals surface area (Å²) < 4.78 is 0. The largest absolute Gasteiger partial charge is 0.393 e. The van der Waals surface area contributed by atoms with Crippen LogP contribution in [0.15, 0.2) is 30.3 Å². The van der Waals surface area contributed by atoms with Crippen molar-refractivity contribution in [3.8, 4) is 0 Å². The summed E-state index contributed by atoms with van der Waals surface area (Å²) >= 11 is 0. The Morgan fingerprint density at radius 1 is 1.00 bits per heavy atom. The molecule has 4 aliphatic rings. The number of aliphatic hydroxyl groups is 2. The zero-order valence-electron chi connectivity index (χ0n) is 22.1.